The van der Waals surface area contributed by atoms with E-state index in [1.165, 1.54) is 12.1 Å². The van der Waals surface area contributed by atoms with Gasteiger partial charge in [-0.15, -0.1) is 0 Å². The van der Waals surface area contributed by atoms with Crippen molar-refractivity contribution in [2.45, 2.75) is 19.3 Å². The number of nitrogens with zero attached hydrogens (tertiary/aromatic N) is 1. The van der Waals surface area contributed by atoms with Gasteiger partial charge in [-0.3, -0.25) is 9.59 Å². The molecule has 6 heteroatoms. The minimum atomic E-state index is -0.407. The lowest BCUT2D eigenvalue weighted by atomic mass is 9.88. The minimum absolute atomic E-state index is 0.0962. The molecule has 2 unspecified atom stereocenters. The smallest absolute Gasteiger partial charge is 0.253 e. The van der Waals surface area contributed by atoms with Gasteiger partial charge in [0.2, 0.25) is 5.91 Å². The molecule has 1 aliphatic rings. The van der Waals surface area contributed by atoms with E-state index in [2.05, 4.69) is 5.32 Å². The van der Waals surface area contributed by atoms with E-state index in [0.29, 0.717) is 30.9 Å². The van der Waals surface area contributed by atoms with E-state index < -0.39 is 5.92 Å². The van der Waals surface area contributed by atoms with Crippen LogP contribution in [0.4, 0.5) is 4.39 Å². The van der Waals surface area contributed by atoms with E-state index in [1.807, 2.05) is 13.0 Å². The van der Waals surface area contributed by atoms with Gasteiger partial charge in [-0.05, 0) is 48.4 Å². The monoisotopic (exact) mass is 384 g/mol. The Morgan fingerprint density at radius 1 is 1.18 bits per heavy atom. The van der Waals surface area contributed by atoms with Crippen LogP contribution in [0.1, 0.15) is 35.2 Å². The predicted octanol–water partition coefficient (Wildman–Crippen LogP) is 3.22. The SMILES string of the molecule is CCCNC(=O)C1CN(C(=O)c2ccc(OC)cc2)CC1c1cccc(F)c1. The second-order valence-electron chi connectivity index (χ2n) is 7.00. The van der Waals surface area contributed by atoms with E-state index in [0.717, 1.165) is 12.0 Å². The number of hydrogen-bond donors (Lipinski definition) is 1. The number of amides is 2. The number of methoxy groups -OCH3 is 1. The van der Waals surface area contributed by atoms with Crippen molar-refractivity contribution >= 4 is 11.8 Å². The van der Waals surface area contributed by atoms with Gasteiger partial charge in [0.05, 0.1) is 13.0 Å². The number of halogens is 1. The molecule has 0 spiro atoms. The molecular formula is C22H25FN2O3. The Hall–Kier alpha value is -2.89. The van der Waals surface area contributed by atoms with Crippen molar-refractivity contribution in [3.63, 3.8) is 0 Å². The summed E-state index contributed by atoms with van der Waals surface area (Å²) in [6.45, 7) is 3.25. The van der Waals surface area contributed by atoms with Gasteiger partial charge in [0.15, 0.2) is 0 Å². The predicted molar refractivity (Wildman–Crippen MR) is 105 cm³/mol. The molecule has 0 saturated carbocycles. The molecule has 1 heterocycles. The maximum atomic E-state index is 13.8. The van der Waals surface area contributed by atoms with E-state index in [-0.39, 0.29) is 23.5 Å². The van der Waals surface area contributed by atoms with Crippen LogP contribution in [0.5, 0.6) is 5.75 Å². The molecule has 28 heavy (non-hydrogen) atoms. The minimum Gasteiger partial charge on any atom is -0.497 e. The third-order valence-electron chi connectivity index (χ3n) is 5.11. The normalized spacial score (nSPS) is 18.8. The quantitative estimate of drug-likeness (QED) is 0.832. The molecule has 0 aliphatic carbocycles. The van der Waals surface area contributed by atoms with Crippen LogP contribution in [0.25, 0.3) is 0 Å². The second kappa shape index (κ2) is 8.87. The Morgan fingerprint density at radius 3 is 2.57 bits per heavy atom. The molecule has 1 aliphatic heterocycles. The topological polar surface area (TPSA) is 58.6 Å². The molecule has 1 N–H and O–H groups in total. The Balaban J connectivity index is 1.83. The summed E-state index contributed by atoms with van der Waals surface area (Å²) in [5.74, 6) is -0.557. The molecule has 0 bridgehead atoms. The third kappa shape index (κ3) is 4.32. The molecular weight excluding hydrogens is 359 g/mol. The average molecular weight is 384 g/mol. The average Bonchev–Trinajstić information content (AvgIpc) is 3.17. The molecule has 148 valence electrons. The zero-order valence-corrected chi connectivity index (χ0v) is 16.2. The standard InChI is InChI=1S/C22H25FN2O3/c1-3-11-24-21(26)20-14-25(13-19(20)16-5-4-6-17(23)12-16)22(27)15-7-9-18(28-2)10-8-15/h4-10,12,19-20H,3,11,13-14H2,1-2H3,(H,24,26). The Labute approximate surface area is 164 Å². The maximum absolute atomic E-state index is 13.8. The van der Waals surface area contributed by atoms with Crippen LogP contribution < -0.4 is 10.1 Å². The zero-order valence-electron chi connectivity index (χ0n) is 16.2. The number of benzene rings is 2. The first-order valence-corrected chi connectivity index (χ1v) is 9.50. The molecule has 1 saturated heterocycles. The van der Waals surface area contributed by atoms with Crippen LogP contribution in [0.3, 0.4) is 0 Å². The molecule has 2 aromatic rings. The van der Waals surface area contributed by atoms with Crippen LogP contribution in [-0.2, 0) is 4.79 Å². The summed E-state index contributed by atoms with van der Waals surface area (Å²) in [6, 6.07) is 13.2. The number of carbonyl (C=O) groups is 2. The molecule has 1 fully saturated rings. The van der Waals surface area contributed by atoms with Gasteiger partial charge < -0.3 is 15.0 Å². The van der Waals surface area contributed by atoms with Crippen molar-refractivity contribution < 1.29 is 18.7 Å². The number of hydrogen-bond acceptors (Lipinski definition) is 3. The van der Waals surface area contributed by atoms with Crippen LogP contribution in [0.2, 0.25) is 0 Å². The van der Waals surface area contributed by atoms with Gasteiger partial charge in [0, 0.05) is 31.1 Å². The van der Waals surface area contributed by atoms with Crippen LogP contribution in [-0.4, -0.2) is 43.5 Å². The Kier molecular flexibility index (Phi) is 6.29. The fraction of sp³-hybridized carbons (Fsp3) is 0.364. The Morgan fingerprint density at radius 2 is 1.93 bits per heavy atom. The van der Waals surface area contributed by atoms with E-state index in [4.69, 9.17) is 4.74 Å². The highest BCUT2D eigenvalue weighted by atomic mass is 19.1. The lowest BCUT2D eigenvalue weighted by Crippen LogP contribution is -2.36. The fourth-order valence-electron chi connectivity index (χ4n) is 3.61. The van der Waals surface area contributed by atoms with Crippen molar-refractivity contribution in [3.05, 3.63) is 65.5 Å². The van der Waals surface area contributed by atoms with E-state index in [9.17, 15) is 14.0 Å². The van der Waals surface area contributed by atoms with Gasteiger partial charge >= 0.3 is 0 Å². The summed E-state index contributed by atoms with van der Waals surface area (Å²) in [4.78, 5) is 27.3. The fourth-order valence-corrected chi connectivity index (χ4v) is 3.61. The van der Waals surface area contributed by atoms with Crippen molar-refractivity contribution in [1.82, 2.24) is 10.2 Å². The lowest BCUT2D eigenvalue weighted by molar-refractivity contribution is -0.124. The number of rotatable bonds is 6. The van der Waals surface area contributed by atoms with Crippen LogP contribution in [0.15, 0.2) is 48.5 Å². The highest BCUT2D eigenvalue weighted by molar-refractivity contribution is 5.95. The summed E-state index contributed by atoms with van der Waals surface area (Å²) >= 11 is 0. The molecule has 5 nitrogen and oxygen atoms in total. The van der Waals surface area contributed by atoms with Crippen LogP contribution in [0, 0.1) is 11.7 Å². The van der Waals surface area contributed by atoms with Gasteiger partial charge in [-0.1, -0.05) is 19.1 Å². The number of carbonyl (C=O) groups excluding carboxylic acids is 2. The zero-order chi connectivity index (χ0) is 20.1. The van der Waals surface area contributed by atoms with Crippen LogP contribution >= 0.6 is 0 Å². The molecule has 0 aromatic heterocycles. The van der Waals surface area contributed by atoms with Crippen molar-refractivity contribution in [3.8, 4) is 5.75 Å². The first-order chi connectivity index (χ1) is 13.5. The van der Waals surface area contributed by atoms with Gasteiger partial charge in [-0.2, -0.15) is 0 Å². The van der Waals surface area contributed by atoms with Gasteiger partial charge in [-0.25, -0.2) is 4.39 Å². The van der Waals surface area contributed by atoms with Crippen molar-refractivity contribution in [2.24, 2.45) is 5.92 Å². The second-order valence-corrected chi connectivity index (χ2v) is 7.00. The summed E-state index contributed by atoms with van der Waals surface area (Å²) in [5.41, 5.74) is 1.27. The molecule has 2 amide bonds. The first kappa shape index (κ1) is 19.9. The summed E-state index contributed by atoms with van der Waals surface area (Å²) < 4.78 is 18.9. The highest BCUT2D eigenvalue weighted by Gasteiger charge is 2.40. The highest BCUT2D eigenvalue weighted by Crippen LogP contribution is 2.34. The van der Waals surface area contributed by atoms with E-state index in [1.54, 1.807) is 42.3 Å². The van der Waals surface area contributed by atoms with Gasteiger partial charge in [0.1, 0.15) is 11.6 Å². The molecule has 2 aromatic carbocycles. The summed E-state index contributed by atoms with van der Waals surface area (Å²) in [6.07, 6.45) is 0.831. The van der Waals surface area contributed by atoms with Crippen molar-refractivity contribution in [2.75, 3.05) is 26.7 Å². The van der Waals surface area contributed by atoms with Crippen molar-refractivity contribution in [1.29, 1.82) is 0 Å². The first-order valence-electron chi connectivity index (χ1n) is 9.50. The number of ether oxygens (including phenoxy) is 1. The summed E-state index contributed by atoms with van der Waals surface area (Å²) in [7, 11) is 1.57. The third-order valence-corrected chi connectivity index (χ3v) is 5.11. The lowest BCUT2D eigenvalue weighted by Gasteiger charge is -2.18. The largest absolute Gasteiger partial charge is 0.497 e. The Bertz CT molecular complexity index is 838. The molecule has 0 radical (unpaired) electrons. The van der Waals surface area contributed by atoms with Gasteiger partial charge in [0.25, 0.3) is 5.91 Å². The van der Waals surface area contributed by atoms with E-state index >= 15 is 0 Å². The summed E-state index contributed by atoms with van der Waals surface area (Å²) in [5, 5.41) is 2.92. The maximum Gasteiger partial charge on any atom is 0.253 e. The molecule has 3 rings (SSSR count). The molecule has 2 atom stereocenters. The number of likely N-dealkylation sites (tertiary alicyclic amines) is 1. The number of nitrogens with one attached hydrogen (secondary N) is 1.